The van der Waals surface area contributed by atoms with Gasteiger partial charge in [0.2, 0.25) is 0 Å². The summed E-state index contributed by atoms with van der Waals surface area (Å²) in [5, 5.41) is 3.42. The lowest BCUT2D eigenvalue weighted by atomic mass is 9.68. The molecule has 4 unspecified atom stereocenters. The molecule has 0 amide bonds. The average Bonchev–Trinajstić information content (AvgIpc) is 2.27. The molecule has 0 saturated heterocycles. The Morgan fingerprint density at radius 1 is 1.21 bits per heavy atom. The fourth-order valence-electron chi connectivity index (χ4n) is 3.01. The molecule has 0 radical (unpaired) electrons. The third-order valence-corrected chi connectivity index (χ3v) is 4.24. The van der Waals surface area contributed by atoms with E-state index in [0.717, 1.165) is 29.7 Å². The van der Waals surface area contributed by atoms with Crippen LogP contribution in [-0.4, -0.2) is 13.1 Å². The minimum atomic E-state index is 0.766. The van der Waals surface area contributed by atoms with Gasteiger partial charge in [-0.15, -0.1) is 0 Å². The Morgan fingerprint density at radius 3 is 2.64 bits per heavy atom. The van der Waals surface area contributed by atoms with E-state index in [0.29, 0.717) is 0 Å². The third-order valence-electron chi connectivity index (χ3n) is 4.24. The van der Waals surface area contributed by atoms with Gasteiger partial charge in [0.05, 0.1) is 0 Å². The van der Waals surface area contributed by atoms with Crippen LogP contribution in [0, 0.1) is 23.7 Å². The zero-order valence-electron chi connectivity index (χ0n) is 9.66. The number of fused-ring (bicyclic) bond motifs is 1. The molecule has 2 aliphatic carbocycles. The topological polar surface area (TPSA) is 12.0 Å². The molecule has 80 valence electrons. The minimum Gasteiger partial charge on any atom is -0.316 e. The van der Waals surface area contributed by atoms with E-state index in [1.165, 1.54) is 19.3 Å². The van der Waals surface area contributed by atoms with Crippen molar-refractivity contribution in [2.75, 3.05) is 7.05 Å². The molecule has 1 fully saturated rings. The summed E-state index contributed by atoms with van der Waals surface area (Å²) in [4.78, 5) is 0. The molecular formula is C13H23N. The van der Waals surface area contributed by atoms with Gasteiger partial charge in [-0.05, 0) is 50.0 Å². The Kier molecular flexibility index (Phi) is 2.96. The van der Waals surface area contributed by atoms with Crippen molar-refractivity contribution in [1.82, 2.24) is 5.32 Å². The van der Waals surface area contributed by atoms with Crippen molar-refractivity contribution in [2.24, 2.45) is 23.7 Å². The summed E-state index contributed by atoms with van der Waals surface area (Å²) in [7, 11) is 2.10. The average molecular weight is 193 g/mol. The van der Waals surface area contributed by atoms with Gasteiger partial charge >= 0.3 is 0 Å². The number of nitrogens with one attached hydrogen (secondary N) is 1. The van der Waals surface area contributed by atoms with Gasteiger partial charge in [-0.2, -0.15) is 0 Å². The summed E-state index contributed by atoms with van der Waals surface area (Å²) >= 11 is 0. The van der Waals surface area contributed by atoms with Crippen molar-refractivity contribution in [3.8, 4) is 0 Å². The normalized spacial score (nSPS) is 41.7. The van der Waals surface area contributed by atoms with Crippen LogP contribution in [0.25, 0.3) is 0 Å². The summed E-state index contributed by atoms with van der Waals surface area (Å²) in [6.07, 6.45) is 9.23. The van der Waals surface area contributed by atoms with Crippen LogP contribution < -0.4 is 5.32 Å². The molecule has 0 heterocycles. The largest absolute Gasteiger partial charge is 0.316 e. The molecule has 0 aromatic carbocycles. The summed E-state index contributed by atoms with van der Waals surface area (Å²) in [6, 6.07) is 0.766. The van der Waals surface area contributed by atoms with Gasteiger partial charge in [0.1, 0.15) is 0 Å². The van der Waals surface area contributed by atoms with Crippen LogP contribution in [0.2, 0.25) is 0 Å². The maximum atomic E-state index is 3.42. The van der Waals surface area contributed by atoms with Crippen molar-refractivity contribution in [3.63, 3.8) is 0 Å². The number of hydrogen-bond acceptors (Lipinski definition) is 1. The fourth-order valence-corrected chi connectivity index (χ4v) is 3.01. The summed E-state index contributed by atoms with van der Waals surface area (Å²) in [6.45, 7) is 4.69. The van der Waals surface area contributed by atoms with Crippen molar-refractivity contribution in [3.05, 3.63) is 12.2 Å². The van der Waals surface area contributed by atoms with Crippen molar-refractivity contribution in [1.29, 1.82) is 0 Å². The first-order valence-electron chi connectivity index (χ1n) is 6.08. The van der Waals surface area contributed by atoms with Gasteiger partial charge in [0, 0.05) is 6.04 Å². The monoisotopic (exact) mass is 193 g/mol. The molecule has 0 aromatic rings. The zero-order chi connectivity index (χ0) is 10.1. The Balaban J connectivity index is 1.99. The molecule has 0 bridgehead atoms. The molecule has 0 spiro atoms. The Bertz CT molecular complexity index is 219. The van der Waals surface area contributed by atoms with Crippen molar-refractivity contribution < 1.29 is 0 Å². The van der Waals surface area contributed by atoms with Crippen LogP contribution in [0.5, 0.6) is 0 Å². The maximum absolute atomic E-state index is 3.42. The molecule has 4 atom stereocenters. The number of rotatable bonds is 2. The lowest BCUT2D eigenvalue weighted by Crippen LogP contribution is -2.47. The summed E-state index contributed by atoms with van der Waals surface area (Å²) < 4.78 is 0. The second-order valence-electron chi connectivity index (χ2n) is 5.34. The first-order valence-corrected chi connectivity index (χ1v) is 6.08. The van der Waals surface area contributed by atoms with E-state index in [4.69, 9.17) is 0 Å². The third kappa shape index (κ3) is 1.75. The first-order chi connectivity index (χ1) is 6.72. The molecule has 0 aliphatic heterocycles. The molecule has 1 N–H and O–H groups in total. The summed E-state index contributed by atoms with van der Waals surface area (Å²) in [5.41, 5.74) is 0. The molecule has 2 rings (SSSR count). The lowest BCUT2D eigenvalue weighted by molar-refractivity contribution is 0.143. The van der Waals surface area contributed by atoms with Crippen LogP contribution >= 0.6 is 0 Å². The highest BCUT2D eigenvalue weighted by molar-refractivity contribution is 5.09. The van der Waals surface area contributed by atoms with Crippen LogP contribution in [0.4, 0.5) is 0 Å². The predicted molar refractivity (Wildman–Crippen MR) is 61.1 cm³/mol. The van der Waals surface area contributed by atoms with Gasteiger partial charge in [0.15, 0.2) is 0 Å². The molecule has 1 heteroatoms. The Morgan fingerprint density at radius 2 is 2.00 bits per heavy atom. The minimum absolute atomic E-state index is 0.766. The van der Waals surface area contributed by atoms with E-state index in [1.807, 2.05) is 0 Å². The first kappa shape index (κ1) is 10.2. The Hall–Kier alpha value is -0.300. The highest BCUT2D eigenvalue weighted by Crippen LogP contribution is 2.42. The quantitative estimate of drug-likeness (QED) is 0.665. The smallest absolute Gasteiger partial charge is 0.0132 e. The van der Waals surface area contributed by atoms with Crippen LogP contribution in [0.15, 0.2) is 12.2 Å². The standard InChI is InChI=1S/C13H23N/c1-9(2)10-4-5-11-8-13(14-3)12(11)7-6-10/h6-7,9-14H,4-5,8H2,1-3H3. The van der Waals surface area contributed by atoms with Gasteiger partial charge in [-0.1, -0.05) is 26.0 Å². The molecule has 1 saturated carbocycles. The van der Waals surface area contributed by atoms with E-state index in [2.05, 4.69) is 38.4 Å². The maximum Gasteiger partial charge on any atom is 0.0132 e. The highest BCUT2D eigenvalue weighted by Gasteiger charge is 2.39. The van der Waals surface area contributed by atoms with Crippen LogP contribution in [0.1, 0.15) is 33.1 Å². The lowest BCUT2D eigenvalue weighted by Gasteiger charge is -2.42. The van der Waals surface area contributed by atoms with Crippen molar-refractivity contribution in [2.45, 2.75) is 39.2 Å². The van der Waals surface area contributed by atoms with E-state index in [9.17, 15) is 0 Å². The van der Waals surface area contributed by atoms with Gasteiger partial charge in [-0.25, -0.2) is 0 Å². The van der Waals surface area contributed by atoms with E-state index in [1.54, 1.807) is 0 Å². The molecule has 14 heavy (non-hydrogen) atoms. The number of allylic oxidation sites excluding steroid dienone is 1. The van der Waals surface area contributed by atoms with E-state index < -0.39 is 0 Å². The molecular weight excluding hydrogens is 170 g/mol. The highest BCUT2D eigenvalue weighted by atomic mass is 14.9. The second kappa shape index (κ2) is 4.06. The SMILES string of the molecule is CNC1CC2CCC(C(C)C)C=CC21. The molecule has 1 nitrogen and oxygen atoms in total. The molecule has 0 aromatic heterocycles. The number of hydrogen-bond donors (Lipinski definition) is 1. The molecule has 2 aliphatic rings. The Labute approximate surface area is 88.0 Å². The van der Waals surface area contributed by atoms with Gasteiger partial charge in [0.25, 0.3) is 0 Å². The van der Waals surface area contributed by atoms with E-state index in [-0.39, 0.29) is 0 Å². The van der Waals surface area contributed by atoms with Crippen LogP contribution in [0.3, 0.4) is 0 Å². The fraction of sp³-hybridized carbons (Fsp3) is 0.846. The van der Waals surface area contributed by atoms with Crippen LogP contribution in [-0.2, 0) is 0 Å². The van der Waals surface area contributed by atoms with Gasteiger partial charge < -0.3 is 5.32 Å². The predicted octanol–water partition coefficient (Wildman–Crippen LogP) is 2.83. The zero-order valence-corrected chi connectivity index (χ0v) is 9.66. The van der Waals surface area contributed by atoms with Gasteiger partial charge in [-0.3, -0.25) is 0 Å². The second-order valence-corrected chi connectivity index (χ2v) is 5.34. The van der Waals surface area contributed by atoms with E-state index >= 15 is 0 Å². The van der Waals surface area contributed by atoms with Crippen molar-refractivity contribution >= 4 is 0 Å². The summed E-state index contributed by atoms with van der Waals surface area (Å²) in [5.74, 6) is 3.46.